The van der Waals surface area contributed by atoms with Gasteiger partial charge in [-0.15, -0.1) is 0 Å². The maximum Gasteiger partial charge on any atom is 1.00 e. The fourth-order valence-corrected chi connectivity index (χ4v) is 1.47. The average Bonchev–Trinajstić information content (AvgIpc) is 2.21. The van der Waals surface area contributed by atoms with Gasteiger partial charge in [-0.05, 0) is 12.5 Å². The molecule has 0 bridgehead atoms. The molecule has 0 aliphatic heterocycles. The van der Waals surface area contributed by atoms with Crippen LogP contribution in [0.1, 0.15) is 6.42 Å². The standard InChI is InChI=1S/C10H13NO6.2Na/c1-4(9(13)14)17-8-2-5(10(15)16)7(12)3-6(8)11;;/h2,6-8,12H,1,3,11H2,(H,13,14)(H,15,16);;/q;2*+1/p-2/t6-,7+,8-;;/m1../s1. The molecule has 0 amide bonds. The van der Waals surface area contributed by atoms with E-state index in [1.54, 1.807) is 0 Å². The Balaban J connectivity index is 0. The summed E-state index contributed by atoms with van der Waals surface area (Å²) in [7, 11) is 0. The number of aliphatic carboxylic acids is 2. The molecule has 0 aromatic rings. The van der Waals surface area contributed by atoms with E-state index in [-0.39, 0.29) is 71.1 Å². The molecule has 1 aliphatic carbocycles. The zero-order valence-electron chi connectivity index (χ0n) is 10.8. The van der Waals surface area contributed by atoms with E-state index in [2.05, 4.69) is 6.58 Å². The SMILES string of the molecule is C=C(O[C@@H]1C=C(C(=O)[O-])[C@@H](O)C[C@H]1N)C(=O)[O-].[Na+].[Na+]. The minimum atomic E-state index is -1.62. The van der Waals surface area contributed by atoms with Crippen molar-refractivity contribution in [2.24, 2.45) is 5.73 Å². The molecule has 1 rings (SSSR count). The fraction of sp³-hybridized carbons (Fsp3) is 0.400. The van der Waals surface area contributed by atoms with Crippen LogP contribution in [-0.2, 0) is 14.3 Å². The quantitative estimate of drug-likeness (QED) is 0.297. The van der Waals surface area contributed by atoms with Crippen molar-refractivity contribution in [3.8, 4) is 0 Å². The summed E-state index contributed by atoms with van der Waals surface area (Å²) >= 11 is 0. The largest absolute Gasteiger partial charge is 1.00 e. The topological polar surface area (TPSA) is 136 Å². The Morgan fingerprint density at radius 3 is 2.37 bits per heavy atom. The summed E-state index contributed by atoms with van der Waals surface area (Å²) in [6.07, 6.45) is -1.32. The van der Waals surface area contributed by atoms with Crippen molar-refractivity contribution in [2.45, 2.75) is 24.7 Å². The van der Waals surface area contributed by atoms with Crippen LogP contribution in [0.15, 0.2) is 24.0 Å². The van der Waals surface area contributed by atoms with E-state index in [0.29, 0.717) is 0 Å². The second-order valence-electron chi connectivity index (χ2n) is 3.62. The number of carboxylic acid groups (broad SMARTS) is 2. The first-order chi connectivity index (χ1) is 7.82. The van der Waals surface area contributed by atoms with Gasteiger partial charge in [0, 0.05) is 11.6 Å². The number of nitrogens with two attached hydrogens (primary N) is 1. The predicted molar refractivity (Wildman–Crippen MR) is 50.7 cm³/mol. The van der Waals surface area contributed by atoms with Crippen LogP contribution < -0.4 is 75.1 Å². The van der Waals surface area contributed by atoms with Crippen molar-refractivity contribution >= 4 is 11.9 Å². The van der Waals surface area contributed by atoms with Crippen LogP contribution in [-0.4, -0.2) is 35.3 Å². The number of carbonyl (C=O) groups is 2. The third-order valence-electron chi connectivity index (χ3n) is 2.36. The van der Waals surface area contributed by atoms with Crippen molar-refractivity contribution in [3.05, 3.63) is 24.0 Å². The Morgan fingerprint density at radius 2 is 1.95 bits per heavy atom. The number of hydrogen-bond acceptors (Lipinski definition) is 7. The molecule has 0 saturated carbocycles. The maximum atomic E-state index is 10.6. The van der Waals surface area contributed by atoms with Gasteiger partial charge in [-0.25, -0.2) is 0 Å². The van der Waals surface area contributed by atoms with Crippen molar-refractivity contribution in [1.82, 2.24) is 0 Å². The number of carboxylic acids is 2. The second kappa shape index (κ2) is 9.15. The van der Waals surface area contributed by atoms with E-state index >= 15 is 0 Å². The van der Waals surface area contributed by atoms with Gasteiger partial charge in [0.05, 0.1) is 12.1 Å². The summed E-state index contributed by atoms with van der Waals surface area (Å²) in [6, 6.07) is -0.746. The Hall–Kier alpha value is 0.140. The van der Waals surface area contributed by atoms with Crippen LogP contribution in [0.5, 0.6) is 0 Å². The minimum Gasteiger partial charge on any atom is -0.545 e. The normalized spacial score (nSPS) is 25.2. The second-order valence-corrected chi connectivity index (χ2v) is 3.62. The summed E-state index contributed by atoms with van der Waals surface area (Å²) in [4.78, 5) is 21.0. The summed E-state index contributed by atoms with van der Waals surface area (Å²) in [5.74, 6) is -3.83. The molecule has 94 valence electrons. The third kappa shape index (κ3) is 5.97. The van der Waals surface area contributed by atoms with Gasteiger partial charge in [-0.1, -0.05) is 6.58 Å². The van der Waals surface area contributed by atoms with Gasteiger partial charge >= 0.3 is 59.1 Å². The van der Waals surface area contributed by atoms with E-state index in [0.717, 1.165) is 6.08 Å². The molecule has 0 spiro atoms. The molecule has 0 aromatic heterocycles. The summed E-state index contributed by atoms with van der Waals surface area (Å²) in [5.41, 5.74) is 5.20. The van der Waals surface area contributed by atoms with Crippen LogP contribution in [0.3, 0.4) is 0 Å². The van der Waals surface area contributed by atoms with Crippen LogP contribution in [0.25, 0.3) is 0 Å². The molecule has 1 aliphatic rings. The van der Waals surface area contributed by atoms with E-state index in [9.17, 15) is 24.9 Å². The van der Waals surface area contributed by atoms with Crippen LogP contribution in [0.2, 0.25) is 0 Å². The molecule has 0 saturated heterocycles. The molecule has 9 heteroatoms. The fourth-order valence-electron chi connectivity index (χ4n) is 1.47. The van der Waals surface area contributed by atoms with Gasteiger partial charge in [0.15, 0.2) is 0 Å². The smallest absolute Gasteiger partial charge is 0.545 e. The first kappa shape index (κ1) is 21.4. The maximum absolute atomic E-state index is 10.6. The Morgan fingerprint density at radius 1 is 1.42 bits per heavy atom. The van der Waals surface area contributed by atoms with Crippen LogP contribution in [0, 0.1) is 0 Å². The van der Waals surface area contributed by atoms with E-state index in [4.69, 9.17) is 10.5 Å². The summed E-state index contributed by atoms with van der Waals surface area (Å²) < 4.78 is 4.83. The zero-order chi connectivity index (χ0) is 13.2. The van der Waals surface area contributed by atoms with Gasteiger partial charge in [-0.3, -0.25) is 0 Å². The zero-order valence-corrected chi connectivity index (χ0v) is 14.8. The van der Waals surface area contributed by atoms with Gasteiger partial charge in [-0.2, -0.15) is 0 Å². The molecule has 0 radical (unpaired) electrons. The van der Waals surface area contributed by atoms with Gasteiger partial charge in [0.25, 0.3) is 0 Å². The molecular formula is C10H11NNa2O6. The van der Waals surface area contributed by atoms with E-state index in [1.165, 1.54) is 0 Å². The van der Waals surface area contributed by atoms with Gasteiger partial charge in [0.2, 0.25) is 0 Å². The first-order valence-corrected chi connectivity index (χ1v) is 4.76. The number of rotatable bonds is 4. The van der Waals surface area contributed by atoms with Crippen LogP contribution in [0.4, 0.5) is 0 Å². The Labute approximate surface area is 154 Å². The van der Waals surface area contributed by atoms with Crippen molar-refractivity contribution in [1.29, 1.82) is 0 Å². The Bertz CT molecular complexity index is 397. The van der Waals surface area contributed by atoms with Gasteiger partial charge < -0.3 is 35.4 Å². The molecule has 3 N–H and O–H groups in total. The number of ether oxygens (including phenoxy) is 1. The average molecular weight is 287 g/mol. The molecular weight excluding hydrogens is 276 g/mol. The Kier molecular flexibility index (Phi) is 10.3. The number of hydrogen-bond donors (Lipinski definition) is 2. The predicted octanol–water partition coefficient (Wildman–Crippen LogP) is -9.59. The van der Waals surface area contributed by atoms with E-state index in [1.807, 2.05) is 0 Å². The van der Waals surface area contributed by atoms with Crippen molar-refractivity contribution in [3.63, 3.8) is 0 Å². The van der Waals surface area contributed by atoms with Crippen molar-refractivity contribution < 1.29 is 88.8 Å². The van der Waals surface area contributed by atoms with Gasteiger partial charge in [0.1, 0.15) is 17.8 Å². The van der Waals surface area contributed by atoms with Crippen molar-refractivity contribution in [2.75, 3.05) is 0 Å². The molecule has 0 unspecified atom stereocenters. The summed E-state index contributed by atoms with van der Waals surface area (Å²) in [6.45, 7) is 3.08. The molecule has 0 fully saturated rings. The monoisotopic (exact) mass is 287 g/mol. The first-order valence-electron chi connectivity index (χ1n) is 4.76. The van der Waals surface area contributed by atoms with Crippen LogP contribution >= 0.6 is 0 Å². The minimum absolute atomic E-state index is 0. The third-order valence-corrected chi connectivity index (χ3v) is 2.36. The molecule has 0 aromatic carbocycles. The summed E-state index contributed by atoms with van der Waals surface area (Å²) in [5, 5.41) is 30.4. The molecule has 0 heterocycles. The molecule has 7 nitrogen and oxygen atoms in total. The molecule has 19 heavy (non-hydrogen) atoms. The van der Waals surface area contributed by atoms with E-state index < -0.39 is 35.9 Å². The molecule has 3 atom stereocenters. The number of aliphatic hydroxyl groups is 1. The number of carbonyl (C=O) groups excluding carboxylic acids is 2. The number of aliphatic hydroxyl groups excluding tert-OH is 1.